The number of benzene rings is 2. The van der Waals surface area contributed by atoms with E-state index in [1.165, 1.54) is 0 Å². The van der Waals surface area contributed by atoms with Crippen LogP contribution in [-0.4, -0.2) is 25.5 Å². The molecule has 0 aliphatic carbocycles. The first-order valence-electron chi connectivity index (χ1n) is 8.23. The van der Waals surface area contributed by atoms with Gasteiger partial charge < -0.3 is 14.2 Å². The minimum Gasteiger partial charge on any atom is -0.497 e. The lowest BCUT2D eigenvalue weighted by atomic mass is 9.89. The minimum absolute atomic E-state index is 0.221. The number of fused-ring (bicyclic) bond motifs is 1. The van der Waals surface area contributed by atoms with Crippen molar-refractivity contribution >= 4 is 16.7 Å². The molecule has 0 unspecified atom stereocenters. The molecule has 4 nitrogen and oxygen atoms in total. The number of carbonyl (C=O) groups is 1. The van der Waals surface area contributed by atoms with Gasteiger partial charge in [0.05, 0.1) is 13.2 Å². The van der Waals surface area contributed by atoms with Crippen molar-refractivity contribution in [3.05, 3.63) is 42.0 Å². The van der Waals surface area contributed by atoms with Crippen LogP contribution in [0.2, 0.25) is 0 Å². The highest BCUT2D eigenvalue weighted by Gasteiger charge is 2.42. The van der Waals surface area contributed by atoms with Crippen molar-refractivity contribution < 1.29 is 19.0 Å². The monoisotopic (exact) mass is 328 g/mol. The Morgan fingerprint density at radius 3 is 2.33 bits per heavy atom. The summed E-state index contributed by atoms with van der Waals surface area (Å²) in [5, 5.41) is 2.13. The van der Waals surface area contributed by atoms with E-state index in [0.717, 1.165) is 22.1 Å². The van der Waals surface area contributed by atoms with Crippen LogP contribution in [0.15, 0.2) is 36.4 Å². The highest BCUT2D eigenvalue weighted by molar-refractivity contribution is 5.87. The molecular weight excluding hydrogens is 304 g/mol. The van der Waals surface area contributed by atoms with E-state index in [4.69, 9.17) is 14.2 Å². The summed E-state index contributed by atoms with van der Waals surface area (Å²) in [7, 11) is 1.65. The maximum absolute atomic E-state index is 12.6. The van der Waals surface area contributed by atoms with Gasteiger partial charge in [-0.25, -0.2) is 0 Å². The third-order valence-corrected chi connectivity index (χ3v) is 4.42. The SMILES string of the molecule is COc1ccc2cc([C@H]3C(=O)O[C@H](C(C)(C)C)O[C@@H]3C)ccc2c1. The van der Waals surface area contributed by atoms with Gasteiger partial charge in [-0.05, 0) is 35.4 Å². The van der Waals surface area contributed by atoms with E-state index in [1.807, 2.05) is 64.1 Å². The van der Waals surface area contributed by atoms with Crippen LogP contribution in [0, 0.1) is 5.41 Å². The number of cyclic esters (lactones) is 1. The minimum atomic E-state index is -0.513. The molecule has 1 saturated heterocycles. The van der Waals surface area contributed by atoms with Gasteiger partial charge in [0.1, 0.15) is 11.7 Å². The van der Waals surface area contributed by atoms with Crippen LogP contribution in [0.4, 0.5) is 0 Å². The average molecular weight is 328 g/mol. The van der Waals surface area contributed by atoms with Crippen molar-refractivity contribution in [1.29, 1.82) is 0 Å². The Morgan fingerprint density at radius 1 is 1.04 bits per heavy atom. The molecule has 3 rings (SSSR count). The van der Waals surface area contributed by atoms with Gasteiger partial charge in [-0.2, -0.15) is 0 Å². The topological polar surface area (TPSA) is 44.8 Å². The lowest BCUT2D eigenvalue weighted by Gasteiger charge is -2.39. The molecule has 0 radical (unpaired) electrons. The molecule has 0 spiro atoms. The Labute approximate surface area is 142 Å². The van der Waals surface area contributed by atoms with Gasteiger partial charge in [0.25, 0.3) is 0 Å². The second-order valence-corrected chi connectivity index (χ2v) is 7.43. The fourth-order valence-electron chi connectivity index (χ4n) is 3.02. The van der Waals surface area contributed by atoms with Crippen molar-refractivity contribution in [3.8, 4) is 5.75 Å². The number of hydrogen-bond acceptors (Lipinski definition) is 4. The second kappa shape index (κ2) is 6.10. The van der Waals surface area contributed by atoms with E-state index in [-0.39, 0.29) is 17.5 Å². The molecule has 0 N–H and O–H groups in total. The summed E-state index contributed by atoms with van der Waals surface area (Å²) < 4.78 is 16.8. The molecule has 0 amide bonds. The Bertz CT molecular complexity index is 760. The molecular formula is C20H24O4. The van der Waals surface area contributed by atoms with E-state index >= 15 is 0 Å². The molecule has 1 aliphatic rings. The summed E-state index contributed by atoms with van der Waals surface area (Å²) in [5.74, 6) is 0.189. The van der Waals surface area contributed by atoms with Crippen molar-refractivity contribution in [2.75, 3.05) is 7.11 Å². The molecule has 1 aliphatic heterocycles. The number of methoxy groups -OCH3 is 1. The van der Waals surface area contributed by atoms with Gasteiger partial charge >= 0.3 is 5.97 Å². The molecule has 4 heteroatoms. The maximum Gasteiger partial charge on any atom is 0.318 e. The summed E-state index contributed by atoms with van der Waals surface area (Å²) in [6.45, 7) is 7.94. The number of rotatable bonds is 2. The Balaban J connectivity index is 1.91. The fourth-order valence-corrected chi connectivity index (χ4v) is 3.02. The molecule has 0 aromatic heterocycles. The zero-order valence-electron chi connectivity index (χ0n) is 14.8. The number of esters is 1. The smallest absolute Gasteiger partial charge is 0.318 e. The molecule has 2 aromatic carbocycles. The number of ether oxygens (including phenoxy) is 3. The summed E-state index contributed by atoms with van der Waals surface area (Å²) >= 11 is 0. The standard InChI is InChI=1S/C20H24O4/c1-12-17(18(21)24-19(23-12)20(2,3)4)15-7-6-14-11-16(22-5)9-8-13(14)10-15/h6-12,17,19H,1-5H3/t12-,17+,19-/m1/s1. The molecule has 24 heavy (non-hydrogen) atoms. The van der Waals surface area contributed by atoms with Crippen molar-refractivity contribution in [2.45, 2.75) is 46.0 Å². The van der Waals surface area contributed by atoms with E-state index in [1.54, 1.807) is 7.11 Å². The third-order valence-electron chi connectivity index (χ3n) is 4.42. The maximum atomic E-state index is 12.6. The zero-order chi connectivity index (χ0) is 17.5. The first kappa shape index (κ1) is 16.8. The number of carbonyl (C=O) groups excluding carboxylic acids is 1. The van der Waals surface area contributed by atoms with Gasteiger partial charge in [-0.1, -0.05) is 45.0 Å². The molecule has 0 bridgehead atoms. The predicted octanol–water partition coefficient (Wildman–Crippen LogP) is 4.27. The normalized spacial score (nSPS) is 24.7. The molecule has 1 fully saturated rings. The second-order valence-electron chi connectivity index (χ2n) is 7.43. The van der Waals surface area contributed by atoms with Crippen molar-refractivity contribution in [1.82, 2.24) is 0 Å². The van der Waals surface area contributed by atoms with Gasteiger partial charge in [0, 0.05) is 5.41 Å². The van der Waals surface area contributed by atoms with E-state index in [2.05, 4.69) is 0 Å². The van der Waals surface area contributed by atoms with Crippen molar-refractivity contribution in [3.63, 3.8) is 0 Å². The Hall–Kier alpha value is -2.07. The molecule has 2 aromatic rings. The Kier molecular flexibility index (Phi) is 4.26. The van der Waals surface area contributed by atoms with Crippen LogP contribution in [-0.2, 0) is 14.3 Å². The van der Waals surface area contributed by atoms with Crippen LogP contribution in [0.3, 0.4) is 0 Å². The highest BCUT2D eigenvalue weighted by atomic mass is 16.7. The molecule has 1 heterocycles. The molecule has 3 atom stereocenters. The zero-order valence-corrected chi connectivity index (χ0v) is 14.8. The van der Waals surface area contributed by atoms with E-state index in [0.29, 0.717) is 0 Å². The first-order valence-corrected chi connectivity index (χ1v) is 8.23. The Morgan fingerprint density at radius 2 is 1.71 bits per heavy atom. The van der Waals surface area contributed by atoms with Crippen LogP contribution < -0.4 is 4.74 Å². The van der Waals surface area contributed by atoms with E-state index in [9.17, 15) is 4.79 Å². The quantitative estimate of drug-likeness (QED) is 0.773. The van der Waals surface area contributed by atoms with Crippen molar-refractivity contribution in [2.24, 2.45) is 5.41 Å². The fraction of sp³-hybridized carbons (Fsp3) is 0.450. The van der Waals surface area contributed by atoms with Crippen LogP contribution in [0.5, 0.6) is 5.75 Å². The van der Waals surface area contributed by atoms with Crippen LogP contribution in [0.25, 0.3) is 10.8 Å². The summed E-state index contributed by atoms with van der Waals surface area (Å²) in [5.41, 5.74) is 0.673. The first-order chi connectivity index (χ1) is 11.3. The molecule has 0 saturated carbocycles. The van der Waals surface area contributed by atoms with Gasteiger partial charge in [-0.3, -0.25) is 4.79 Å². The van der Waals surface area contributed by atoms with E-state index < -0.39 is 12.2 Å². The van der Waals surface area contributed by atoms with Gasteiger partial charge in [0.15, 0.2) is 0 Å². The van der Waals surface area contributed by atoms with Gasteiger partial charge in [0.2, 0.25) is 6.29 Å². The lowest BCUT2D eigenvalue weighted by molar-refractivity contribution is -0.245. The summed E-state index contributed by atoms with van der Waals surface area (Å²) in [6.07, 6.45) is -0.743. The lowest BCUT2D eigenvalue weighted by Crippen LogP contribution is -2.46. The van der Waals surface area contributed by atoms with Gasteiger partial charge in [-0.15, -0.1) is 0 Å². The average Bonchev–Trinajstić information content (AvgIpc) is 2.52. The molecule has 128 valence electrons. The summed E-state index contributed by atoms with van der Waals surface area (Å²) in [6, 6.07) is 11.9. The number of hydrogen-bond donors (Lipinski definition) is 0. The predicted molar refractivity (Wildman–Crippen MR) is 93.1 cm³/mol. The third kappa shape index (κ3) is 3.11. The largest absolute Gasteiger partial charge is 0.497 e. The van der Waals surface area contributed by atoms with Crippen LogP contribution >= 0.6 is 0 Å². The van der Waals surface area contributed by atoms with Crippen LogP contribution in [0.1, 0.15) is 39.2 Å². The highest BCUT2D eigenvalue weighted by Crippen LogP contribution is 2.36. The summed E-state index contributed by atoms with van der Waals surface area (Å²) in [4.78, 5) is 12.6.